The predicted octanol–water partition coefficient (Wildman–Crippen LogP) is 2.80. The molecule has 7 heteroatoms. The first-order chi connectivity index (χ1) is 11.0. The number of alkyl halides is 1. The second-order valence-corrected chi connectivity index (χ2v) is 9.50. The fraction of sp³-hybridized carbons (Fsp3) is 0.750. The number of hydrogen-bond donors (Lipinski definition) is 0. The molecule has 1 saturated carbocycles. The molecule has 1 aromatic heterocycles. The minimum absolute atomic E-state index is 0.0614. The van der Waals surface area contributed by atoms with E-state index in [1.807, 2.05) is 29.0 Å². The number of aryl methyl sites for hydroxylation is 1. The van der Waals surface area contributed by atoms with Gasteiger partial charge in [-0.2, -0.15) is 0 Å². The summed E-state index contributed by atoms with van der Waals surface area (Å²) in [6, 6.07) is 0. The highest BCUT2D eigenvalue weighted by molar-refractivity contribution is 8.01. The lowest BCUT2D eigenvalue weighted by atomic mass is 9.80. The standard InChI is InChI=1S/C16H21FN2O2S2/c1-10-18-13(6-22-10)5-21-14-4-16(23-7-14)8-19(9-16)15(20)11-2-12(17)3-11/h6,11-12,14H,2-5,7-9H2,1H3. The molecular weight excluding hydrogens is 335 g/mol. The number of rotatable bonds is 4. The van der Waals surface area contributed by atoms with Gasteiger partial charge in [-0.25, -0.2) is 9.37 Å². The molecular formula is C16H21FN2O2S2. The lowest BCUT2D eigenvalue weighted by molar-refractivity contribution is -0.146. The van der Waals surface area contributed by atoms with Crippen molar-refractivity contribution >= 4 is 29.0 Å². The Morgan fingerprint density at radius 1 is 1.52 bits per heavy atom. The molecule has 0 radical (unpaired) electrons. The monoisotopic (exact) mass is 356 g/mol. The number of halogens is 1. The third-order valence-corrected chi connectivity index (χ3v) is 7.41. The van der Waals surface area contributed by atoms with Gasteiger partial charge in [-0.05, 0) is 26.2 Å². The molecule has 0 bridgehead atoms. The van der Waals surface area contributed by atoms with E-state index >= 15 is 0 Å². The number of thiazole rings is 1. The number of carbonyl (C=O) groups excluding carboxylic acids is 1. The van der Waals surface area contributed by atoms with Gasteiger partial charge in [0.2, 0.25) is 5.91 Å². The number of thioether (sulfide) groups is 1. The van der Waals surface area contributed by atoms with Crippen molar-refractivity contribution in [1.29, 1.82) is 0 Å². The third kappa shape index (κ3) is 3.15. The molecule has 3 heterocycles. The summed E-state index contributed by atoms with van der Waals surface area (Å²) >= 11 is 3.58. The van der Waals surface area contributed by atoms with Gasteiger partial charge in [0.15, 0.2) is 0 Å². The zero-order valence-electron chi connectivity index (χ0n) is 13.2. The van der Waals surface area contributed by atoms with E-state index in [0.29, 0.717) is 19.4 Å². The number of aromatic nitrogens is 1. The van der Waals surface area contributed by atoms with Crippen molar-refractivity contribution in [3.63, 3.8) is 0 Å². The lowest BCUT2D eigenvalue weighted by Gasteiger charge is -2.49. The summed E-state index contributed by atoms with van der Waals surface area (Å²) < 4.78 is 19.1. The van der Waals surface area contributed by atoms with E-state index in [9.17, 15) is 9.18 Å². The fourth-order valence-corrected chi connectivity index (χ4v) is 5.77. The van der Waals surface area contributed by atoms with Crippen LogP contribution in [0.4, 0.5) is 4.39 Å². The Morgan fingerprint density at radius 2 is 2.30 bits per heavy atom. The topological polar surface area (TPSA) is 42.4 Å². The van der Waals surface area contributed by atoms with E-state index in [0.717, 1.165) is 36.0 Å². The molecule has 1 aliphatic carbocycles. The molecule has 4 rings (SSSR count). The Morgan fingerprint density at radius 3 is 2.96 bits per heavy atom. The molecule has 3 fully saturated rings. The first-order valence-electron chi connectivity index (χ1n) is 8.12. The van der Waals surface area contributed by atoms with Crippen LogP contribution in [-0.4, -0.2) is 51.7 Å². The van der Waals surface area contributed by atoms with Crippen molar-refractivity contribution in [2.24, 2.45) is 5.92 Å². The van der Waals surface area contributed by atoms with E-state index in [4.69, 9.17) is 4.74 Å². The van der Waals surface area contributed by atoms with E-state index in [2.05, 4.69) is 4.98 Å². The minimum atomic E-state index is -0.757. The highest BCUT2D eigenvalue weighted by atomic mass is 32.2. The molecule has 4 nitrogen and oxygen atoms in total. The van der Waals surface area contributed by atoms with Gasteiger partial charge in [-0.15, -0.1) is 23.1 Å². The molecule has 1 aromatic rings. The number of ether oxygens (including phenoxy) is 1. The Hall–Kier alpha value is -0.660. The molecule has 0 aromatic carbocycles. The number of carbonyl (C=O) groups is 1. The quantitative estimate of drug-likeness (QED) is 0.832. The summed E-state index contributed by atoms with van der Waals surface area (Å²) in [6.07, 6.45) is 1.34. The van der Waals surface area contributed by atoms with Crippen LogP contribution in [0, 0.1) is 12.8 Å². The maximum atomic E-state index is 12.9. The van der Waals surface area contributed by atoms with Crippen LogP contribution in [0.2, 0.25) is 0 Å². The maximum absolute atomic E-state index is 12.9. The van der Waals surface area contributed by atoms with Crippen molar-refractivity contribution in [2.45, 2.75) is 49.8 Å². The van der Waals surface area contributed by atoms with Gasteiger partial charge in [0, 0.05) is 30.1 Å². The Kier molecular flexibility index (Phi) is 4.14. The van der Waals surface area contributed by atoms with Gasteiger partial charge in [-0.3, -0.25) is 4.79 Å². The summed E-state index contributed by atoms with van der Waals surface area (Å²) in [4.78, 5) is 18.5. The average molecular weight is 356 g/mol. The number of amides is 1. The second kappa shape index (κ2) is 6.01. The minimum Gasteiger partial charge on any atom is -0.371 e. The fourth-order valence-electron chi connectivity index (χ4n) is 3.62. The number of likely N-dealkylation sites (tertiary alicyclic amines) is 1. The van der Waals surface area contributed by atoms with E-state index in [1.54, 1.807) is 11.3 Å². The van der Waals surface area contributed by atoms with Crippen molar-refractivity contribution in [2.75, 3.05) is 18.8 Å². The predicted molar refractivity (Wildman–Crippen MR) is 89.4 cm³/mol. The van der Waals surface area contributed by atoms with Crippen LogP contribution >= 0.6 is 23.1 Å². The van der Waals surface area contributed by atoms with E-state index < -0.39 is 6.17 Å². The molecule has 2 aliphatic heterocycles. The summed E-state index contributed by atoms with van der Waals surface area (Å²) in [5.74, 6) is 1.09. The lowest BCUT2D eigenvalue weighted by Crippen LogP contribution is -2.62. The average Bonchev–Trinajstić information content (AvgIpc) is 3.06. The number of nitrogens with zero attached hydrogens (tertiary/aromatic N) is 2. The molecule has 1 amide bonds. The summed E-state index contributed by atoms with van der Waals surface area (Å²) in [5.41, 5.74) is 1.01. The van der Waals surface area contributed by atoms with Crippen LogP contribution in [0.25, 0.3) is 0 Å². The smallest absolute Gasteiger partial charge is 0.225 e. The van der Waals surface area contributed by atoms with E-state index in [1.165, 1.54) is 0 Å². The SMILES string of the molecule is Cc1nc(COC2CSC3(C2)CN(C(=O)C2CC(F)C2)C3)cs1. The molecule has 3 aliphatic rings. The van der Waals surface area contributed by atoms with Crippen LogP contribution < -0.4 is 0 Å². The van der Waals surface area contributed by atoms with Gasteiger partial charge in [0.25, 0.3) is 0 Å². The Balaban J connectivity index is 1.23. The number of hydrogen-bond acceptors (Lipinski definition) is 5. The molecule has 1 unspecified atom stereocenters. The largest absolute Gasteiger partial charge is 0.371 e. The first kappa shape index (κ1) is 15.8. The third-order valence-electron chi connectivity index (χ3n) is 5.01. The zero-order chi connectivity index (χ0) is 16.0. The summed E-state index contributed by atoms with van der Waals surface area (Å²) in [5, 5.41) is 3.12. The highest BCUT2D eigenvalue weighted by Gasteiger charge is 2.52. The first-order valence-corrected chi connectivity index (χ1v) is 9.99. The van der Waals surface area contributed by atoms with Gasteiger partial charge in [0.1, 0.15) is 6.17 Å². The molecule has 2 saturated heterocycles. The van der Waals surface area contributed by atoms with Crippen LogP contribution in [0.15, 0.2) is 5.38 Å². The van der Waals surface area contributed by atoms with Crippen LogP contribution in [0.1, 0.15) is 30.0 Å². The highest BCUT2D eigenvalue weighted by Crippen LogP contribution is 2.47. The van der Waals surface area contributed by atoms with Gasteiger partial charge < -0.3 is 9.64 Å². The van der Waals surface area contributed by atoms with Crippen LogP contribution in [0.3, 0.4) is 0 Å². The Labute approximate surface area is 143 Å². The molecule has 0 N–H and O–H groups in total. The summed E-state index contributed by atoms with van der Waals surface area (Å²) in [6.45, 7) is 4.19. The van der Waals surface area contributed by atoms with Crippen molar-refractivity contribution in [3.8, 4) is 0 Å². The molecule has 23 heavy (non-hydrogen) atoms. The Bertz CT molecular complexity index is 597. The van der Waals surface area contributed by atoms with Gasteiger partial charge >= 0.3 is 0 Å². The van der Waals surface area contributed by atoms with Crippen LogP contribution in [-0.2, 0) is 16.1 Å². The van der Waals surface area contributed by atoms with Gasteiger partial charge in [-0.1, -0.05) is 0 Å². The second-order valence-electron chi connectivity index (χ2n) is 6.95. The van der Waals surface area contributed by atoms with E-state index in [-0.39, 0.29) is 22.7 Å². The van der Waals surface area contributed by atoms with Crippen molar-refractivity contribution < 1.29 is 13.9 Å². The maximum Gasteiger partial charge on any atom is 0.225 e. The van der Waals surface area contributed by atoms with Crippen molar-refractivity contribution in [3.05, 3.63) is 16.1 Å². The normalized spacial score (nSPS) is 31.9. The molecule has 1 atom stereocenters. The van der Waals surface area contributed by atoms with Gasteiger partial charge in [0.05, 0.1) is 28.2 Å². The zero-order valence-corrected chi connectivity index (χ0v) is 14.8. The van der Waals surface area contributed by atoms with Crippen molar-refractivity contribution in [1.82, 2.24) is 9.88 Å². The van der Waals surface area contributed by atoms with Crippen LogP contribution in [0.5, 0.6) is 0 Å². The molecule has 126 valence electrons. The summed E-state index contributed by atoms with van der Waals surface area (Å²) in [7, 11) is 0. The molecule has 1 spiro atoms.